The van der Waals surface area contributed by atoms with Gasteiger partial charge in [0, 0.05) is 26.9 Å². The predicted octanol–water partition coefficient (Wildman–Crippen LogP) is -0.222. The first-order valence-corrected chi connectivity index (χ1v) is 6.10. The zero-order valence-electron chi connectivity index (χ0n) is 12.0. The molecule has 2 unspecified atom stereocenters. The fourth-order valence-corrected chi connectivity index (χ4v) is 0.600. The van der Waals surface area contributed by atoms with Gasteiger partial charge in [-0.3, -0.25) is 0 Å². The highest BCUT2D eigenvalue weighted by molar-refractivity contribution is 4.38. The highest BCUT2D eigenvalue weighted by Crippen LogP contribution is 1.79. The molecule has 0 aromatic heterocycles. The molecule has 6 heteroatoms. The van der Waals surface area contributed by atoms with Gasteiger partial charge in [-0.1, -0.05) is 0 Å². The van der Waals surface area contributed by atoms with Crippen molar-refractivity contribution >= 4 is 0 Å². The lowest BCUT2D eigenvalue weighted by molar-refractivity contribution is 0.0527. The number of hydrogen-bond donors (Lipinski definition) is 4. The van der Waals surface area contributed by atoms with Gasteiger partial charge in [0.15, 0.2) is 0 Å². The number of aliphatic hydroxyl groups excluding tert-OH is 4. The molecule has 0 fully saturated rings. The first-order chi connectivity index (χ1) is 8.45. The first kappa shape index (κ1) is 22.9. The molecule has 0 bridgehead atoms. The lowest BCUT2D eigenvalue weighted by atomic mass is 10.4. The number of rotatable bonds is 7. The molecule has 0 aliphatic rings. The van der Waals surface area contributed by atoms with Crippen LogP contribution in [0.3, 0.4) is 0 Å². The topological polar surface area (TPSA) is 99.4 Å². The van der Waals surface area contributed by atoms with Crippen LogP contribution in [0.15, 0.2) is 0 Å². The Labute approximate surface area is 110 Å². The molecule has 0 aromatic carbocycles. The van der Waals surface area contributed by atoms with Crippen LogP contribution >= 0.6 is 0 Å². The molecule has 114 valence electrons. The Bertz CT molecular complexity index is 117. The van der Waals surface area contributed by atoms with E-state index in [0.717, 1.165) is 0 Å². The summed E-state index contributed by atoms with van der Waals surface area (Å²) < 4.78 is 9.40. The molecule has 0 radical (unpaired) electrons. The third-order valence-electron chi connectivity index (χ3n) is 1.29. The Balaban J connectivity index is -0.000000190. The van der Waals surface area contributed by atoms with Gasteiger partial charge < -0.3 is 29.9 Å². The normalized spacial score (nSPS) is 12.7. The van der Waals surface area contributed by atoms with Crippen LogP contribution in [-0.2, 0) is 9.47 Å². The van der Waals surface area contributed by atoms with Crippen molar-refractivity contribution < 1.29 is 29.9 Å². The van der Waals surface area contributed by atoms with Crippen molar-refractivity contribution in [3.05, 3.63) is 0 Å². The molecule has 4 N–H and O–H groups in total. The minimum Gasteiger partial charge on any atom is -0.396 e. The molecule has 0 saturated carbocycles. The van der Waals surface area contributed by atoms with Crippen LogP contribution in [-0.4, -0.2) is 72.8 Å². The second-order valence-electron chi connectivity index (χ2n) is 3.61. The van der Waals surface area contributed by atoms with Gasteiger partial charge >= 0.3 is 0 Å². The van der Waals surface area contributed by atoms with Gasteiger partial charge in [0.25, 0.3) is 0 Å². The maximum absolute atomic E-state index is 8.56. The summed E-state index contributed by atoms with van der Waals surface area (Å²) in [5.74, 6) is 0. The van der Waals surface area contributed by atoms with E-state index in [4.69, 9.17) is 25.2 Å². The Morgan fingerprint density at radius 1 is 0.944 bits per heavy atom. The number of hydrogen-bond acceptors (Lipinski definition) is 6. The summed E-state index contributed by atoms with van der Waals surface area (Å²) in [4.78, 5) is 0. The second-order valence-corrected chi connectivity index (χ2v) is 3.61. The number of aliphatic hydroxyl groups is 4. The highest BCUT2D eigenvalue weighted by atomic mass is 16.5. The van der Waals surface area contributed by atoms with Crippen molar-refractivity contribution in [2.45, 2.75) is 39.4 Å². The quantitative estimate of drug-likeness (QED) is 0.510. The molecule has 0 aliphatic heterocycles. The highest BCUT2D eigenvalue weighted by Gasteiger charge is 1.90. The molecular weight excluding hydrogens is 240 g/mol. The van der Waals surface area contributed by atoms with E-state index in [1.807, 2.05) is 6.92 Å². The van der Waals surface area contributed by atoms with E-state index in [-0.39, 0.29) is 25.4 Å². The van der Waals surface area contributed by atoms with E-state index in [1.165, 1.54) is 0 Å². The largest absolute Gasteiger partial charge is 0.396 e. The fraction of sp³-hybridized carbons (Fsp3) is 1.00. The molecule has 6 nitrogen and oxygen atoms in total. The number of methoxy groups -OCH3 is 1. The Morgan fingerprint density at radius 3 is 1.44 bits per heavy atom. The molecule has 0 aliphatic carbocycles. The van der Waals surface area contributed by atoms with Crippen LogP contribution in [0, 0.1) is 0 Å². The van der Waals surface area contributed by atoms with Gasteiger partial charge in [0.1, 0.15) is 0 Å². The average molecular weight is 270 g/mol. The van der Waals surface area contributed by atoms with E-state index >= 15 is 0 Å². The SMILES string of the molecule is CCOCC(C)O.COCC(C)O.OCCCO. The minimum atomic E-state index is -0.324. The van der Waals surface area contributed by atoms with Crippen molar-refractivity contribution in [1.82, 2.24) is 0 Å². The minimum absolute atomic E-state index is 0.0938. The lowest BCUT2D eigenvalue weighted by Crippen LogP contribution is -2.09. The fourth-order valence-electron chi connectivity index (χ4n) is 0.600. The van der Waals surface area contributed by atoms with Gasteiger partial charge in [-0.15, -0.1) is 0 Å². The molecule has 2 atom stereocenters. The zero-order valence-corrected chi connectivity index (χ0v) is 12.0. The van der Waals surface area contributed by atoms with Crippen LogP contribution in [0.1, 0.15) is 27.2 Å². The summed E-state index contributed by atoms with van der Waals surface area (Å²) in [5.41, 5.74) is 0. The summed E-state index contributed by atoms with van der Waals surface area (Å²) in [6, 6.07) is 0. The van der Waals surface area contributed by atoms with E-state index in [1.54, 1.807) is 21.0 Å². The zero-order chi connectivity index (χ0) is 14.8. The van der Waals surface area contributed by atoms with Gasteiger partial charge in [-0.05, 0) is 27.2 Å². The lowest BCUT2D eigenvalue weighted by Gasteiger charge is -2.00. The summed E-state index contributed by atoms with van der Waals surface area (Å²) >= 11 is 0. The van der Waals surface area contributed by atoms with E-state index in [2.05, 4.69) is 4.74 Å². The van der Waals surface area contributed by atoms with Crippen LogP contribution in [0.4, 0.5) is 0 Å². The first-order valence-electron chi connectivity index (χ1n) is 6.10. The van der Waals surface area contributed by atoms with Crippen molar-refractivity contribution in [3.63, 3.8) is 0 Å². The summed E-state index contributed by atoms with van der Waals surface area (Å²) in [6.45, 7) is 7.05. The Kier molecular flexibility index (Phi) is 28.0. The van der Waals surface area contributed by atoms with Crippen molar-refractivity contribution in [1.29, 1.82) is 0 Å². The smallest absolute Gasteiger partial charge is 0.0745 e. The van der Waals surface area contributed by atoms with Crippen molar-refractivity contribution in [2.75, 3.05) is 40.1 Å². The maximum atomic E-state index is 8.56. The van der Waals surface area contributed by atoms with Crippen LogP contribution in [0.2, 0.25) is 0 Å². The molecule has 0 heterocycles. The van der Waals surface area contributed by atoms with Gasteiger partial charge in [-0.2, -0.15) is 0 Å². The van der Waals surface area contributed by atoms with Crippen molar-refractivity contribution in [2.24, 2.45) is 0 Å². The third-order valence-corrected chi connectivity index (χ3v) is 1.29. The Hall–Kier alpha value is -0.240. The molecule has 0 rings (SSSR count). The van der Waals surface area contributed by atoms with Crippen LogP contribution < -0.4 is 0 Å². The van der Waals surface area contributed by atoms with Gasteiger partial charge in [-0.25, -0.2) is 0 Å². The standard InChI is InChI=1S/C5H12O2.C4H10O2.C3H8O2/c1-3-7-4-5(2)6;1-4(5)3-6-2;4-2-1-3-5/h5-6H,3-4H2,1-2H3;4-5H,3H2,1-2H3;4-5H,1-3H2. The third kappa shape index (κ3) is 44.7. The van der Waals surface area contributed by atoms with E-state index in [0.29, 0.717) is 26.2 Å². The van der Waals surface area contributed by atoms with Crippen LogP contribution in [0.25, 0.3) is 0 Å². The van der Waals surface area contributed by atoms with Crippen molar-refractivity contribution in [3.8, 4) is 0 Å². The molecule has 0 aromatic rings. The van der Waals surface area contributed by atoms with E-state index in [9.17, 15) is 0 Å². The second kappa shape index (κ2) is 22.0. The maximum Gasteiger partial charge on any atom is 0.0745 e. The van der Waals surface area contributed by atoms with Gasteiger partial charge in [0.2, 0.25) is 0 Å². The average Bonchev–Trinajstić information content (AvgIpc) is 2.29. The van der Waals surface area contributed by atoms with E-state index < -0.39 is 0 Å². The number of ether oxygens (including phenoxy) is 2. The summed E-state index contributed by atoms with van der Waals surface area (Å²) in [5, 5.41) is 32.8. The molecule has 18 heavy (non-hydrogen) atoms. The van der Waals surface area contributed by atoms with Gasteiger partial charge in [0.05, 0.1) is 25.4 Å². The Morgan fingerprint density at radius 2 is 1.39 bits per heavy atom. The molecular formula is C12H30O6. The predicted molar refractivity (Wildman–Crippen MR) is 70.5 cm³/mol. The molecule has 0 spiro atoms. The summed E-state index contributed by atoms with van der Waals surface area (Å²) in [6.07, 6.45) is -0.144. The molecule has 0 saturated heterocycles. The summed E-state index contributed by atoms with van der Waals surface area (Å²) in [7, 11) is 1.56. The van der Waals surface area contributed by atoms with Crippen LogP contribution in [0.5, 0.6) is 0 Å². The molecule has 0 amide bonds. The monoisotopic (exact) mass is 270 g/mol.